The van der Waals surface area contributed by atoms with Gasteiger partial charge in [0.2, 0.25) is 10.0 Å². The number of H-pyrrole nitrogens is 1. The van der Waals surface area contributed by atoms with E-state index in [0.717, 1.165) is 17.7 Å². The molecule has 3 aromatic rings. The highest BCUT2D eigenvalue weighted by Crippen LogP contribution is 2.32. The molecule has 0 bridgehead atoms. The van der Waals surface area contributed by atoms with E-state index in [1.165, 1.54) is 23.4 Å². The molecule has 1 saturated heterocycles. The zero-order valence-electron chi connectivity index (χ0n) is 22.5. The van der Waals surface area contributed by atoms with Crippen LogP contribution in [0.2, 0.25) is 0 Å². The minimum atomic E-state index is -3.76. The Morgan fingerprint density at radius 2 is 1.87 bits per heavy atom. The number of sulfonamides is 1. The van der Waals surface area contributed by atoms with Gasteiger partial charge >= 0.3 is 5.97 Å². The van der Waals surface area contributed by atoms with Crippen LogP contribution in [0, 0.1) is 6.92 Å². The number of carbonyl (C=O) groups is 1. The molecule has 0 radical (unpaired) electrons. The van der Waals surface area contributed by atoms with Crippen LogP contribution in [0.25, 0.3) is 16.9 Å². The summed E-state index contributed by atoms with van der Waals surface area (Å²) in [5.74, 6) is 0.186. The molecule has 1 aromatic carbocycles. The normalized spacial score (nSPS) is 15.2. The Hall–Kier alpha value is -3.22. The van der Waals surface area contributed by atoms with Gasteiger partial charge in [0.1, 0.15) is 17.9 Å². The van der Waals surface area contributed by atoms with Crippen molar-refractivity contribution in [1.29, 1.82) is 0 Å². The maximum atomic E-state index is 13.5. The van der Waals surface area contributed by atoms with Crippen LogP contribution >= 0.6 is 0 Å². The number of nitrogens with zero attached hydrogens (tertiary/aromatic N) is 4. The fourth-order valence-corrected chi connectivity index (χ4v) is 6.19. The second-order valence-corrected chi connectivity index (χ2v) is 11.4. The zero-order valence-corrected chi connectivity index (χ0v) is 23.4. The van der Waals surface area contributed by atoms with E-state index >= 15 is 0 Å². The molecule has 0 amide bonds. The Bertz CT molecular complexity index is 1500. The fraction of sp³-hybridized carbons (Fsp3) is 0.500. The molecule has 1 aliphatic rings. The van der Waals surface area contributed by atoms with E-state index in [1.807, 2.05) is 20.9 Å². The van der Waals surface area contributed by atoms with Gasteiger partial charge in [-0.1, -0.05) is 13.3 Å². The lowest BCUT2D eigenvalue weighted by Crippen LogP contribution is -2.47. The summed E-state index contributed by atoms with van der Waals surface area (Å²) in [4.78, 5) is 29.8. The van der Waals surface area contributed by atoms with Gasteiger partial charge in [-0.15, -0.1) is 5.10 Å². The summed E-state index contributed by atoms with van der Waals surface area (Å²) in [5, 5.41) is 4.75. The highest BCUT2D eigenvalue weighted by atomic mass is 32.2. The Labute approximate surface area is 222 Å². The maximum absolute atomic E-state index is 13.5. The van der Waals surface area contributed by atoms with Crippen molar-refractivity contribution in [3.8, 4) is 17.1 Å². The van der Waals surface area contributed by atoms with Crippen molar-refractivity contribution in [3.05, 3.63) is 45.4 Å². The number of esters is 1. The third-order valence-electron chi connectivity index (χ3n) is 6.78. The Kier molecular flexibility index (Phi) is 8.24. The molecule has 0 saturated carbocycles. The Morgan fingerprint density at radius 3 is 2.50 bits per heavy atom. The van der Waals surface area contributed by atoms with Gasteiger partial charge in [0, 0.05) is 44.4 Å². The number of hydrogen-bond donors (Lipinski definition) is 1. The van der Waals surface area contributed by atoms with Crippen LogP contribution in [-0.2, 0) is 32.6 Å². The monoisotopic (exact) mass is 545 g/mol. The SMILES string of the molecule is CCCc1c(COC(C)=O)c(C)c2c(=O)[nH]c(-c3cc(S(=O)(=O)N4CCN(C)CC4)ccc3OCC)nn12. The number of rotatable bonds is 9. The van der Waals surface area contributed by atoms with E-state index in [1.54, 1.807) is 17.5 Å². The van der Waals surface area contributed by atoms with E-state index < -0.39 is 16.0 Å². The predicted molar refractivity (Wildman–Crippen MR) is 143 cm³/mol. The smallest absolute Gasteiger partial charge is 0.302 e. The lowest BCUT2D eigenvalue weighted by Gasteiger charge is -2.31. The number of carbonyl (C=O) groups excluding carboxylic acids is 1. The fourth-order valence-electron chi connectivity index (χ4n) is 4.74. The van der Waals surface area contributed by atoms with Crippen LogP contribution in [0.15, 0.2) is 27.9 Å². The van der Waals surface area contributed by atoms with E-state index in [4.69, 9.17) is 14.6 Å². The van der Waals surface area contributed by atoms with Gasteiger partial charge in [0.25, 0.3) is 5.56 Å². The number of ether oxygens (including phenoxy) is 2. The quantitative estimate of drug-likeness (QED) is 0.406. The highest BCUT2D eigenvalue weighted by Gasteiger charge is 2.29. The molecule has 4 rings (SSSR count). The number of nitrogens with one attached hydrogen (secondary N) is 1. The number of fused-ring (bicyclic) bond motifs is 1. The second-order valence-electron chi connectivity index (χ2n) is 9.44. The molecule has 206 valence electrons. The van der Waals surface area contributed by atoms with Gasteiger partial charge < -0.3 is 19.4 Å². The third kappa shape index (κ3) is 5.33. The molecule has 1 fully saturated rings. The van der Waals surface area contributed by atoms with Gasteiger partial charge in [-0.25, -0.2) is 12.9 Å². The topological polar surface area (TPSA) is 126 Å². The number of likely N-dealkylation sites (N-methyl/N-ethyl adjacent to an activating group) is 1. The molecule has 38 heavy (non-hydrogen) atoms. The first kappa shape index (κ1) is 27.8. The molecular weight excluding hydrogens is 510 g/mol. The Morgan fingerprint density at radius 1 is 1.16 bits per heavy atom. The predicted octanol–water partition coefficient (Wildman–Crippen LogP) is 2.35. The molecule has 12 heteroatoms. The molecule has 0 unspecified atom stereocenters. The largest absolute Gasteiger partial charge is 0.493 e. The first-order valence-corrected chi connectivity index (χ1v) is 14.2. The van der Waals surface area contributed by atoms with Crippen molar-refractivity contribution in [2.75, 3.05) is 39.8 Å². The minimum absolute atomic E-state index is 0.0393. The van der Waals surface area contributed by atoms with Crippen molar-refractivity contribution in [2.45, 2.75) is 52.0 Å². The number of aromatic nitrogens is 3. The van der Waals surface area contributed by atoms with Crippen LogP contribution in [-0.4, -0.2) is 78.0 Å². The van der Waals surface area contributed by atoms with Crippen LogP contribution in [0.5, 0.6) is 5.75 Å². The van der Waals surface area contributed by atoms with Crippen LogP contribution in [0.1, 0.15) is 44.0 Å². The summed E-state index contributed by atoms with van der Waals surface area (Å²) >= 11 is 0. The summed E-state index contributed by atoms with van der Waals surface area (Å²) in [6.45, 7) is 9.47. The van der Waals surface area contributed by atoms with Gasteiger partial charge in [0.05, 0.1) is 17.1 Å². The van der Waals surface area contributed by atoms with Crippen LogP contribution in [0.3, 0.4) is 0 Å². The number of aryl methyl sites for hydroxylation is 2. The highest BCUT2D eigenvalue weighted by molar-refractivity contribution is 7.89. The van der Waals surface area contributed by atoms with E-state index in [-0.39, 0.29) is 22.9 Å². The molecule has 0 atom stereocenters. The molecule has 1 N–H and O–H groups in total. The minimum Gasteiger partial charge on any atom is -0.493 e. The number of hydrogen-bond acceptors (Lipinski definition) is 8. The zero-order chi connectivity index (χ0) is 27.6. The first-order chi connectivity index (χ1) is 18.1. The molecule has 3 heterocycles. The second kappa shape index (κ2) is 11.3. The van der Waals surface area contributed by atoms with E-state index in [2.05, 4.69) is 9.88 Å². The standard InChI is InChI=1S/C26H35N5O6S/c1-6-8-22-21(16-37-18(4)32)17(3)24-26(33)27-25(28-31(22)24)20-15-19(9-10-23(20)36-7-2)38(34,35)30-13-11-29(5)12-14-30/h9-10,15H,6-8,11-14,16H2,1-5H3,(H,27,28,33). The van der Waals surface area contributed by atoms with Crippen LogP contribution < -0.4 is 10.3 Å². The lowest BCUT2D eigenvalue weighted by atomic mass is 10.1. The third-order valence-corrected chi connectivity index (χ3v) is 8.68. The Balaban J connectivity index is 1.88. The molecular formula is C26H35N5O6S. The van der Waals surface area contributed by atoms with Crippen molar-refractivity contribution in [3.63, 3.8) is 0 Å². The van der Waals surface area contributed by atoms with Crippen molar-refractivity contribution in [2.24, 2.45) is 0 Å². The first-order valence-electron chi connectivity index (χ1n) is 12.8. The average molecular weight is 546 g/mol. The summed E-state index contributed by atoms with van der Waals surface area (Å²) in [5.41, 5.74) is 2.55. The van der Waals surface area contributed by atoms with Gasteiger partial charge in [-0.2, -0.15) is 4.31 Å². The number of piperazine rings is 1. The maximum Gasteiger partial charge on any atom is 0.302 e. The summed E-state index contributed by atoms with van der Waals surface area (Å²) in [7, 11) is -1.80. The van der Waals surface area contributed by atoms with Gasteiger partial charge in [-0.05, 0) is 51.1 Å². The van der Waals surface area contributed by atoms with Crippen molar-refractivity contribution >= 4 is 21.5 Å². The van der Waals surface area contributed by atoms with Gasteiger partial charge in [-0.3, -0.25) is 9.59 Å². The average Bonchev–Trinajstić information content (AvgIpc) is 3.14. The van der Waals surface area contributed by atoms with Gasteiger partial charge in [0.15, 0.2) is 5.82 Å². The summed E-state index contributed by atoms with van der Waals surface area (Å²) in [6, 6.07) is 4.64. The molecule has 2 aromatic heterocycles. The number of benzene rings is 1. The lowest BCUT2D eigenvalue weighted by molar-refractivity contribution is -0.142. The van der Waals surface area contributed by atoms with E-state index in [0.29, 0.717) is 61.6 Å². The van der Waals surface area contributed by atoms with Crippen LogP contribution in [0.4, 0.5) is 0 Å². The molecule has 0 aliphatic carbocycles. The van der Waals surface area contributed by atoms with E-state index in [9.17, 15) is 18.0 Å². The molecule has 1 aliphatic heterocycles. The summed E-state index contributed by atoms with van der Waals surface area (Å²) in [6.07, 6.45) is 1.39. The molecule has 11 nitrogen and oxygen atoms in total. The van der Waals surface area contributed by atoms with Crippen molar-refractivity contribution < 1.29 is 22.7 Å². The number of aromatic amines is 1. The molecule has 0 spiro atoms. The summed E-state index contributed by atoms with van der Waals surface area (Å²) < 4.78 is 41.1. The van der Waals surface area contributed by atoms with Crippen molar-refractivity contribution in [1.82, 2.24) is 23.8 Å².